The Morgan fingerprint density at radius 2 is 2.00 bits per heavy atom. The highest BCUT2D eigenvalue weighted by Crippen LogP contribution is 2.17. The quantitative estimate of drug-likeness (QED) is 0.752. The van der Waals surface area contributed by atoms with Crippen molar-refractivity contribution in [1.82, 2.24) is 9.61 Å². The van der Waals surface area contributed by atoms with Gasteiger partial charge in [0, 0.05) is 17.4 Å². The largest absolute Gasteiger partial charge is 0.462 e. The first-order chi connectivity index (χ1) is 11.2. The Hall–Kier alpha value is -3.15. The normalized spacial score (nSPS) is 10.5. The van der Waals surface area contributed by atoms with Crippen LogP contribution in [0.3, 0.4) is 0 Å². The molecular formula is C17H15N3O3. The van der Waals surface area contributed by atoms with Gasteiger partial charge in [0.15, 0.2) is 0 Å². The maximum absolute atomic E-state index is 12.2. The van der Waals surface area contributed by atoms with Gasteiger partial charge in [-0.15, -0.1) is 0 Å². The van der Waals surface area contributed by atoms with Crippen LogP contribution in [0.15, 0.2) is 54.9 Å². The third-order valence-corrected chi connectivity index (χ3v) is 3.31. The minimum atomic E-state index is -0.436. The minimum absolute atomic E-state index is 0.216. The molecule has 0 bridgehead atoms. The molecular weight excluding hydrogens is 294 g/mol. The molecule has 2 heterocycles. The van der Waals surface area contributed by atoms with Crippen molar-refractivity contribution in [3.63, 3.8) is 0 Å². The lowest BCUT2D eigenvalue weighted by molar-refractivity contribution is 0.0528. The topological polar surface area (TPSA) is 72.7 Å². The molecule has 1 aromatic carbocycles. The number of anilines is 1. The molecule has 1 amide bonds. The Kier molecular flexibility index (Phi) is 4.05. The average Bonchev–Trinajstić information content (AvgIpc) is 2.99. The minimum Gasteiger partial charge on any atom is -0.462 e. The summed E-state index contributed by atoms with van der Waals surface area (Å²) in [5.74, 6) is -0.652. The first-order valence-corrected chi connectivity index (χ1v) is 7.20. The van der Waals surface area contributed by atoms with Crippen LogP contribution in [0, 0.1) is 0 Å². The zero-order valence-corrected chi connectivity index (χ0v) is 12.5. The predicted octanol–water partition coefficient (Wildman–Crippen LogP) is 2.76. The van der Waals surface area contributed by atoms with Crippen LogP contribution in [0.1, 0.15) is 27.6 Å². The van der Waals surface area contributed by atoms with Crippen molar-refractivity contribution in [2.75, 3.05) is 11.9 Å². The molecule has 6 heteroatoms. The van der Waals surface area contributed by atoms with E-state index in [2.05, 4.69) is 10.4 Å². The lowest BCUT2D eigenvalue weighted by Crippen LogP contribution is -2.12. The first kappa shape index (κ1) is 14.8. The van der Waals surface area contributed by atoms with Crippen LogP contribution in [0.5, 0.6) is 0 Å². The van der Waals surface area contributed by atoms with Crippen molar-refractivity contribution in [3.8, 4) is 0 Å². The third-order valence-electron chi connectivity index (χ3n) is 3.31. The molecule has 0 atom stereocenters. The van der Waals surface area contributed by atoms with Crippen molar-refractivity contribution < 1.29 is 14.3 Å². The summed E-state index contributed by atoms with van der Waals surface area (Å²) in [6.45, 7) is 2.04. The molecule has 0 aliphatic carbocycles. The number of aromatic nitrogens is 2. The number of amides is 1. The fraction of sp³-hybridized carbons (Fsp3) is 0.118. The van der Waals surface area contributed by atoms with Crippen LogP contribution in [-0.4, -0.2) is 28.1 Å². The number of benzene rings is 1. The van der Waals surface area contributed by atoms with Gasteiger partial charge in [-0.25, -0.2) is 9.31 Å². The Bertz CT molecular complexity index is 856. The number of esters is 1. The summed E-state index contributed by atoms with van der Waals surface area (Å²) in [6, 6.07) is 12.3. The van der Waals surface area contributed by atoms with E-state index in [1.54, 1.807) is 54.0 Å². The molecule has 23 heavy (non-hydrogen) atoms. The van der Waals surface area contributed by atoms with Gasteiger partial charge in [0.25, 0.3) is 5.91 Å². The number of fused-ring (bicyclic) bond motifs is 1. The SMILES string of the molecule is CCOC(=O)c1cnn2ccc(NC(=O)c3ccccc3)cc12. The van der Waals surface area contributed by atoms with Gasteiger partial charge in [0.1, 0.15) is 5.56 Å². The summed E-state index contributed by atoms with van der Waals surface area (Å²) in [5, 5.41) is 6.91. The van der Waals surface area contributed by atoms with E-state index in [0.29, 0.717) is 28.9 Å². The Balaban J connectivity index is 1.89. The highest BCUT2D eigenvalue weighted by molar-refractivity contribution is 6.05. The van der Waals surface area contributed by atoms with Gasteiger partial charge >= 0.3 is 5.97 Å². The molecule has 0 aliphatic rings. The van der Waals surface area contributed by atoms with Gasteiger partial charge in [-0.2, -0.15) is 5.10 Å². The summed E-state index contributed by atoms with van der Waals surface area (Å²) < 4.78 is 6.56. The average molecular weight is 309 g/mol. The predicted molar refractivity (Wildman–Crippen MR) is 85.5 cm³/mol. The molecule has 0 spiro atoms. The molecule has 0 saturated heterocycles. The molecule has 1 N–H and O–H groups in total. The van der Waals surface area contributed by atoms with Gasteiger partial charge in [-0.3, -0.25) is 4.79 Å². The number of carbonyl (C=O) groups excluding carboxylic acids is 2. The molecule has 6 nitrogen and oxygen atoms in total. The number of nitrogens with one attached hydrogen (secondary N) is 1. The number of carbonyl (C=O) groups is 2. The second-order valence-electron chi connectivity index (χ2n) is 4.84. The van der Waals surface area contributed by atoms with Crippen LogP contribution in [0.4, 0.5) is 5.69 Å². The second kappa shape index (κ2) is 6.31. The van der Waals surface area contributed by atoms with Crippen molar-refractivity contribution in [1.29, 1.82) is 0 Å². The highest BCUT2D eigenvalue weighted by atomic mass is 16.5. The lowest BCUT2D eigenvalue weighted by atomic mass is 10.2. The van der Waals surface area contributed by atoms with Crippen LogP contribution < -0.4 is 5.32 Å². The highest BCUT2D eigenvalue weighted by Gasteiger charge is 2.14. The Morgan fingerprint density at radius 1 is 1.22 bits per heavy atom. The smallest absolute Gasteiger partial charge is 0.341 e. The molecule has 0 radical (unpaired) electrons. The van der Waals surface area contributed by atoms with E-state index in [-0.39, 0.29) is 5.91 Å². The summed E-state index contributed by atoms with van der Waals surface area (Å²) in [6.07, 6.45) is 3.13. The zero-order chi connectivity index (χ0) is 16.2. The van der Waals surface area contributed by atoms with Crippen molar-refractivity contribution in [2.24, 2.45) is 0 Å². The van der Waals surface area contributed by atoms with Crippen molar-refractivity contribution in [3.05, 3.63) is 66.0 Å². The standard InChI is InChI=1S/C17H15N3O3/c1-2-23-17(22)14-11-18-20-9-8-13(10-15(14)20)19-16(21)12-6-4-3-5-7-12/h3-11H,2H2,1H3,(H,19,21). The van der Waals surface area contributed by atoms with E-state index < -0.39 is 5.97 Å². The van der Waals surface area contributed by atoms with E-state index in [1.807, 2.05) is 6.07 Å². The maximum atomic E-state index is 12.2. The number of pyridine rings is 1. The molecule has 0 saturated carbocycles. The number of hydrogen-bond acceptors (Lipinski definition) is 4. The Morgan fingerprint density at radius 3 is 2.74 bits per heavy atom. The molecule has 0 fully saturated rings. The van der Waals surface area contributed by atoms with Crippen LogP contribution >= 0.6 is 0 Å². The molecule has 2 aromatic heterocycles. The number of rotatable bonds is 4. The second-order valence-corrected chi connectivity index (χ2v) is 4.84. The zero-order valence-electron chi connectivity index (χ0n) is 12.5. The first-order valence-electron chi connectivity index (χ1n) is 7.20. The van der Waals surface area contributed by atoms with Crippen LogP contribution in [0.2, 0.25) is 0 Å². The van der Waals surface area contributed by atoms with Crippen LogP contribution in [-0.2, 0) is 4.74 Å². The number of nitrogens with zero attached hydrogens (tertiary/aromatic N) is 2. The van der Waals surface area contributed by atoms with Crippen LogP contribution in [0.25, 0.3) is 5.52 Å². The van der Waals surface area contributed by atoms with E-state index in [9.17, 15) is 9.59 Å². The van der Waals surface area contributed by atoms with Crippen molar-refractivity contribution >= 4 is 23.1 Å². The Labute approximate surface area is 132 Å². The molecule has 3 aromatic rings. The summed E-state index contributed by atoms with van der Waals surface area (Å²) in [7, 11) is 0. The third kappa shape index (κ3) is 3.06. The monoisotopic (exact) mass is 309 g/mol. The van der Waals surface area contributed by atoms with Gasteiger partial charge < -0.3 is 10.1 Å². The van der Waals surface area contributed by atoms with E-state index in [4.69, 9.17) is 4.74 Å². The summed E-state index contributed by atoms with van der Waals surface area (Å²) in [5.41, 5.74) is 2.08. The van der Waals surface area contributed by atoms with Gasteiger partial charge in [-0.05, 0) is 31.2 Å². The van der Waals surface area contributed by atoms with Gasteiger partial charge in [-0.1, -0.05) is 18.2 Å². The number of hydrogen-bond donors (Lipinski definition) is 1. The van der Waals surface area contributed by atoms with Crippen molar-refractivity contribution in [2.45, 2.75) is 6.92 Å². The molecule has 116 valence electrons. The van der Waals surface area contributed by atoms with E-state index in [1.165, 1.54) is 6.20 Å². The van der Waals surface area contributed by atoms with E-state index in [0.717, 1.165) is 0 Å². The fourth-order valence-corrected chi connectivity index (χ4v) is 2.22. The molecule has 3 rings (SSSR count). The summed E-state index contributed by atoms with van der Waals surface area (Å²) >= 11 is 0. The molecule has 0 unspecified atom stereocenters. The van der Waals surface area contributed by atoms with Gasteiger partial charge in [0.2, 0.25) is 0 Å². The van der Waals surface area contributed by atoms with E-state index >= 15 is 0 Å². The van der Waals surface area contributed by atoms with Gasteiger partial charge in [0.05, 0.1) is 18.3 Å². The summed E-state index contributed by atoms with van der Waals surface area (Å²) in [4.78, 5) is 24.1. The molecule has 0 aliphatic heterocycles. The number of ether oxygens (including phenoxy) is 1. The maximum Gasteiger partial charge on any atom is 0.341 e. The fourth-order valence-electron chi connectivity index (χ4n) is 2.22. The lowest BCUT2D eigenvalue weighted by Gasteiger charge is -2.06.